The van der Waals surface area contributed by atoms with Gasteiger partial charge in [-0.15, -0.1) is 0 Å². The summed E-state index contributed by atoms with van der Waals surface area (Å²) in [6, 6.07) is 9.95. The molecule has 1 aliphatic carbocycles. The van der Waals surface area contributed by atoms with Crippen molar-refractivity contribution in [1.29, 1.82) is 0 Å². The second-order valence-corrected chi connectivity index (χ2v) is 13.1. The standard InChI is InChI=1S/C35H51N3O7/c1-7-36-14-12-27(22-32(36)39)30-13-15-37(34(41)45-35(2,3)4)24-31(30)33(40)38(28-10-11-28)23-26-19-25(9-8-16-42-5)20-29(21-26)44-18-17-43-6/h12,14,19-22,28,30-31H,7-11,13,15-18,23-24H2,1-6H3/t30-,31+/m0/s1. The molecule has 0 spiro atoms. The van der Waals surface area contributed by atoms with Crippen LogP contribution >= 0.6 is 0 Å². The number of carbonyl (C=O) groups is 2. The first kappa shape index (κ1) is 34.5. The van der Waals surface area contributed by atoms with Crippen LogP contribution in [0.5, 0.6) is 5.75 Å². The Balaban J connectivity index is 1.63. The summed E-state index contributed by atoms with van der Waals surface area (Å²) in [6.45, 7) is 10.7. The van der Waals surface area contributed by atoms with Crippen molar-refractivity contribution in [3.63, 3.8) is 0 Å². The number of likely N-dealkylation sites (tertiary alicyclic amines) is 1. The van der Waals surface area contributed by atoms with E-state index in [0.29, 0.717) is 45.9 Å². The Labute approximate surface area is 267 Å². The lowest BCUT2D eigenvalue weighted by molar-refractivity contribution is -0.139. The smallest absolute Gasteiger partial charge is 0.410 e. The van der Waals surface area contributed by atoms with Crippen LogP contribution in [0.1, 0.15) is 76.0 Å². The summed E-state index contributed by atoms with van der Waals surface area (Å²) < 4.78 is 23.8. The Morgan fingerprint density at radius 2 is 1.71 bits per heavy atom. The van der Waals surface area contributed by atoms with E-state index in [4.69, 9.17) is 18.9 Å². The van der Waals surface area contributed by atoms with Crippen molar-refractivity contribution < 1.29 is 28.5 Å². The number of aromatic nitrogens is 1. The zero-order chi connectivity index (χ0) is 32.6. The Hall–Kier alpha value is -3.37. The van der Waals surface area contributed by atoms with Crippen molar-refractivity contribution in [3.8, 4) is 5.75 Å². The maximum atomic E-state index is 14.6. The summed E-state index contributed by atoms with van der Waals surface area (Å²) in [5.74, 6) is 0.0568. The molecule has 2 fully saturated rings. The zero-order valence-electron chi connectivity index (χ0n) is 27.9. The van der Waals surface area contributed by atoms with E-state index in [1.807, 2.05) is 50.8 Å². The van der Waals surface area contributed by atoms with Gasteiger partial charge in [-0.05, 0) is 101 Å². The summed E-state index contributed by atoms with van der Waals surface area (Å²) in [6.07, 6.45) is 5.54. The van der Waals surface area contributed by atoms with Gasteiger partial charge in [0.15, 0.2) is 0 Å². The van der Waals surface area contributed by atoms with Crippen molar-refractivity contribution >= 4 is 12.0 Å². The van der Waals surface area contributed by atoms with Gasteiger partial charge in [-0.1, -0.05) is 6.07 Å². The fourth-order valence-corrected chi connectivity index (χ4v) is 6.00. The number of pyridine rings is 1. The third-order valence-electron chi connectivity index (χ3n) is 8.39. The van der Waals surface area contributed by atoms with E-state index in [1.165, 1.54) is 0 Å². The molecule has 0 radical (unpaired) electrons. The Bertz CT molecular complexity index is 1320. The minimum atomic E-state index is -0.643. The number of amides is 2. The summed E-state index contributed by atoms with van der Waals surface area (Å²) in [5, 5.41) is 0. The van der Waals surface area contributed by atoms with Gasteiger partial charge in [0, 0.05) is 65.3 Å². The molecule has 2 atom stereocenters. The first-order valence-corrected chi connectivity index (χ1v) is 16.2. The number of rotatable bonds is 14. The maximum absolute atomic E-state index is 14.6. The number of hydrogen-bond donors (Lipinski definition) is 0. The minimum absolute atomic E-state index is 0.00191. The Morgan fingerprint density at radius 3 is 2.36 bits per heavy atom. The average molecular weight is 626 g/mol. The Morgan fingerprint density at radius 1 is 0.978 bits per heavy atom. The van der Waals surface area contributed by atoms with E-state index >= 15 is 0 Å². The van der Waals surface area contributed by atoms with Gasteiger partial charge in [-0.3, -0.25) is 9.59 Å². The van der Waals surface area contributed by atoms with E-state index in [-0.39, 0.29) is 30.0 Å². The molecule has 1 aromatic carbocycles. The van der Waals surface area contributed by atoms with Gasteiger partial charge in [-0.2, -0.15) is 0 Å². The number of piperidine rings is 1. The molecule has 2 aromatic rings. The molecule has 1 saturated carbocycles. The van der Waals surface area contributed by atoms with Crippen LogP contribution in [0.3, 0.4) is 0 Å². The van der Waals surface area contributed by atoms with Gasteiger partial charge in [0.05, 0.1) is 12.5 Å². The molecule has 2 aliphatic rings. The molecule has 0 bridgehead atoms. The molecule has 1 saturated heterocycles. The van der Waals surface area contributed by atoms with Crippen molar-refractivity contribution in [2.45, 2.75) is 90.4 Å². The van der Waals surface area contributed by atoms with E-state index in [2.05, 4.69) is 6.07 Å². The second-order valence-electron chi connectivity index (χ2n) is 13.1. The van der Waals surface area contributed by atoms with Crippen molar-refractivity contribution in [2.24, 2.45) is 5.92 Å². The fourth-order valence-electron chi connectivity index (χ4n) is 6.00. The fraction of sp³-hybridized carbons (Fsp3) is 0.629. The highest BCUT2D eigenvalue weighted by Crippen LogP contribution is 2.38. The van der Waals surface area contributed by atoms with Crippen LogP contribution in [0.25, 0.3) is 0 Å². The number of hydrogen-bond acceptors (Lipinski definition) is 7. The minimum Gasteiger partial charge on any atom is -0.491 e. The lowest BCUT2D eigenvalue weighted by atomic mass is 9.79. The molecule has 4 rings (SSSR count). The summed E-state index contributed by atoms with van der Waals surface area (Å²) in [7, 11) is 3.35. The number of methoxy groups -OCH3 is 2. The first-order valence-electron chi connectivity index (χ1n) is 16.2. The van der Waals surface area contributed by atoms with Crippen LogP contribution in [-0.4, -0.2) is 85.1 Å². The largest absolute Gasteiger partial charge is 0.491 e. The van der Waals surface area contributed by atoms with E-state index in [0.717, 1.165) is 48.1 Å². The van der Waals surface area contributed by atoms with Gasteiger partial charge in [0.1, 0.15) is 18.0 Å². The maximum Gasteiger partial charge on any atom is 0.410 e. The lowest BCUT2D eigenvalue weighted by Crippen LogP contribution is -2.51. The van der Waals surface area contributed by atoms with Crippen molar-refractivity contribution in [3.05, 3.63) is 63.6 Å². The van der Waals surface area contributed by atoms with Crippen LogP contribution in [-0.2, 0) is 38.5 Å². The van der Waals surface area contributed by atoms with Gasteiger partial charge < -0.3 is 33.3 Å². The van der Waals surface area contributed by atoms with Crippen LogP contribution in [0.2, 0.25) is 0 Å². The highest BCUT2D eigenvalue weighted by Gasteiger charge is 2.43. The molecule has 248 valence electrons. The van der Waals surface area contributed by atoms with Crippen molar-refractivity contribution in [2.75, 3.05) is 47.1 Å². The van der Waals surface area contributed by atoms with Gasteiger partial charge in [-0.25, -0.2) is 4.79 Å². The van der Waals surface area contributed by atoms with Gasteiger partial charge in [0.25, 0.3) is 5.56 Å². The summed E-state index contributed by atoms with van der Waals surface area (Å²) in [4.78, 5) is 44.2. The molecular formula is C35H51N3O7. The van der Waals surface area contributed by atoms with E-state index < -0.39 is 17.6 Å². The van der Waals surface area contributed by atoms with Gasteiger partial charge in [0.2, 0.25) is 5.91 Å². The first-order chi connectivity index (χ1) is 21.5. The topological polar surface area (TPSA) is 99.5 Å². The molecule has 1 aromatic heterocycles. The number of aryl methyl sites for hydroxylation is 2. The monoisotopic (exact) mass is 625 g/mol. The van der Waals surface area contributed by atoms with Gasteiger partial charge >= 0.3 is 6.09 Å². The predicted molar refractivity (Wildman–Crippen MR) is 173 cm³/mol. The SMILES string of the molecule is CCn1ccc([C@@H]2CCN(C(=O)OC(C)(C)C)C[C@H]2C(=O)N(Cc2cc(CCCOC)cc(OCCOC)c2)C2CC2)cc1=O. The predicted octanol–water partition coefficient (Wildman–Crippen LogP) is 5.00. The second kappa shape index (κ2) is 15.8. The molecule has 10 nitrogen and oxygen atoms in total. The van der Waals surface area contributed by atoms with Crippen LogP contribution in [0.4, 0.5) is 4.79 Å². The summed E-state index contributed by atoms with van der Waals surface area (Å²) >= 11 is 0. The zero-order valence-corrected chi connectivity index (χ0v) is 27.9. The van der Waals surface area contributed by atoms with E-state index in [1.54, 1.807) is 35.9 Å². The molecule has 45 heavy (non-hydrogen) atoms. The molecule has 0 N–H and O–H groups in total. The average Bonchev–Trinajstić information content (AvgIpc) is 3.84. The highest BCUT2D eigenvalue weighted by molar-refractivity contribution is 5.82. The third-order valence-corrected chi connectivity index (χ3v) is 8.39. The normalized spacial score (nSPS) is 18.5. The number of nitrogens with zero attached hydrogens (tertiary/aromatic N) is 3. The number of carbonyl (C=O) groups excluding carboxylic acids is 2. The lowest BCUT2D eigenvalue weighted by Gasteiger charge is -2.40. The molecule has 10 heteroatoms. The van der Waals surface area contributed by atoms with Crippen LogP contribution < -0.4 is 10.3 Å². The van der Waals surface area contributed by atoms with Crippen LogP contribution in [0, 0.1) is 5.92 Å². The number of benzene rings is 1. The quantitative estimate of drug-likeness (QED) is 0.273. The third kappa shape index (κ3) is 9.81. The van der Waals surface area contributed by atoms with Crippen LogP contribution in [0.15, 0.2) is 41.3 Å². The van der Waals surface area contributed by atoms with E-state index in [9.17, 15) is 14.4 Å². The highest BCUT2D eigenvalue weighted by atomic mass is 16.6. The molecule has 1 aliphatic heterocycles. The summed E-state index contributed by atoms with van der Waals surface area (Å²) in [5.41, 5.74) is 2.25. The number of ether oxygens (including phenoxy) is 4. The molecule has 0 unspecified atom stereocenters. The molecular weight excluding hydrogens is 574 g/mol. The Kier molecular flexibility index (Phi) is 12.1. The van der Waals surface area contributed by atoms with Crippen molar-refractivity contribution in [1.82, 2.24) is 14.4 Å². The molecule has 2 heterocycles. The molecule has 2 amide bonds.